The third-order valence-electron chi connectivity index (χ3n) is 3.62. The first kappa shape index (κ1) is 11.4. The monoisotopic (exact) mass is 243 g/mol. The van der Waals surface area contributed by atoms with Crippen molar-refractivity contribution >= 4 is 0 Å². The van der Waals surface area contributed by atoms with E-state index in [4.69, 9.17) is 0 Å². The molecule has 0 spiro atoms. The number of nitrogens with zero attached hydrogens (tertiary/aromatic N) is 2. The number of aromatic nitrogens is 2. The Labute approximate surface area is 106 Å². The van der Waals surface area contributed by atoms with Crippen LogP contribution in [-0.4, -0.2) is 20.8 Å². The van der Waals surface area contributed by atoms with Gasteiger partial charge >= 0.3 is 0 Å². The highest BCUT2D eigenvalue weighted by Gasteiger charge is 2.30. The number of aliphatic hydroxyl groups excluding tert-OH is 1. The van der Waals surface area contributed by atoms with Crippen LogP contribution in [0.2, 0.25) is 0 Å². The van der Waals surface area contributed by atoms with Crippen molar-refractivity contribution in [1.82, 2.24) is 14.9 Å². The first-order chi connectivity index (χ1) is 8.75. The normalized spacial score (nSPS) is 22.1. The summed E-state index contributed by atoms with van der Waals surface area (Å²) in [7, 11) is 1.98. The summed E-state index contributed by atoms with van der Waals surface area (Å²) >= 11 is 0. The largest absolute Gasteiger partial charge is 0.391 e. The van der Waals surface area contributed by atoms with Crippen LogP contribution in [0.15, 0.2) is 36.8 Å². The van der Waals surface area contributed by atoms with Crippen molar-refractivity contribution in [2.45, 2.75) is 25.1 Å². The quantitative estimate of drug-likeness (QED) is 0.850. The number of aliphatic hydroxyl groups is 1. The molecule has 0 saturated heterocycles. The number of hydrogen-bond donors (Lipinski definition) is 2. The van der Waals surface area contributed by atoms with E-state index in [1.165, 1.54) is 11.1 Å². The fourth-order valence-corrected chi connectivity index (χ4v) is 2.59. The van der Waals surface area contributed by atoms with Crippen LogP contribution < -0.4 is 5.32 Å². The molecule has 94 valence electrons. The van der Waals surface area contributed by atoms with E-state index in [-0.39, 0.29) is 12.1 Å². The molecule has 0 saturated carbocycles. The Morgan fingerprint density at radius 1 is 1.44 bits per heavy atom. The van der Waals surface area contributed by atoms with Crippen molar-refractivity contribution in [2.24, 2.45) is 7.05 Å². The predicted octanol–water partition coefficient (Wildman–Crippen LogP) is 1.17. The molecule has 0 amide bonds. The summed E-state index contributed by atoms with van der Waals surface area (Å²) in [6.07, 6.45) is 4.03. The smallest absolute Gasteiger partial charge is 0.0945 e. The van der Waals surface area contributed by atoms with Gasteiger partial charge < -0.3 is 15.0 Å². The minimum Gasteiger partial charge on any atom is -0.391 e. The topological polar surface area (TPSA) is 50.1 Å². The molecule has 0 aliphatic heterocycles. The number of aryl methyl sites for hydroxylation is 1. The molecule has 1 heterocycles. The van der Waals surface area contributed by atoms with E-state index in [1.807, 2.05) is 29.9 Å². The van der Waals surface area contributed by atoms with Gasteiger partial charge in [-0.3, -0.25) is 0 Å². The van der Waals surface area contributed by atoms with E-state index < -0.39 is 0 Å². The van der Waals surface area contributed by atoms with Crippen LogP contribution >= 0.6 is 0 Å². The lowest BCUT2D eigenvalue weighted by Crippen LogP contribution is -2.28. The molecule has 2 atom stereocenters. The van der Waals surface area contributed by atoms with Gasteiger partial charge in [-0.1, -0.05) is 24.3 Å². The van der Waals surface area contributed by atoms with Gasteiger partial charge in [0.05, 0.1) is 24.2 Å². The first-order valence-electron chi connectivity index (χ1n) is 6.20. The Hall–Kier alpha value is -1.65. The number of fused-ring (bicyclic) bond motifs is 1. The number of imidazole rings is 1. The van der Waals surface area contributed by atoms with Crippen molar-refractivity contribution in [3.63, 3.8) is 0 Å². The highest BCUT2D eigenvalue weighted by molar-refractivity contribution is 5.36. The molecule has 2 aromatic rings. The molecule has 4 nitrogen and oxygen atoms in total. The van der Waals surface area contributed by atoms with Crippen LogP contribution in [0.1, 0.15) is 22.9 Å². The number of nitrogens with one attached hydrogen (secondary N) is 1. The molecule has 3 rings (SSSR count). The van der Waals surface area contributed by atoms with Crippen LogP contribution in [0.3, 0.4) is 0 Å². The Bertz CT molecular complexity index is 549. The summed E-state index contributed by atoms with van der Waals surface area (Å²) in [5, 5.41) is 13.5. The number of rotatable bonds is 3. The summed E-state index contributed by atoms with van der Waals surface area (Å²) in [5.74, 6) is 0. The van der Waals surface area contributed by atoms with Crippen molar-refractivity contribution in [1.29, 1.82) is 0 Å². The van der Waals surface area contributed by atoms with Gasteiger partial charge in [-0.25, -0.2) is 4.98 Å². The second-order valence-corrected chi connectivity index (χ2v) is 4.82. The van der Waals surface area contributed by atoms with Gasteiger partial charge in [0, 0.05) is 26.2 Å². The van der Waals surface area contributed by atoms with Crippen molar-refractivity contribution < 1.29 is 5.11 Å². The zero-order chi connectivity index (χ0) is 12.5. The Kier molecular flexibility index (Phi) is 2.89. The molecule has 0 bridgehead atoms. The lowest BCUT2D eigenvalue weighted by Gasteiger charge is -2.18. The second-order valence-electron chi connectivity index (χ2n) is 4.82. The summed E-state index contributed by atoms with van der Waals surface area (Å²) in [4.78, 5) is 4.09. The molecule has 18 heavy (non-hydrogen) atoms. The lowest BCUT2D eigenvalue weighted by atomic mass is 10.1. The highest BCUT2D eigenvalue weighted by Crippen LogP contribution is 2.31. The molecule has 2 N–H and O–H groups in total. The Morgan fingerprint density at radius 2 is 2.28 bits per heavy atom. The van der Waals surface area contributed by atoms with Gasteiger partial charge in [0.25, 0.3) is 0 Å². The molecular formula is C14H17N3O. The van der Waals surface area contributed by atoms with E-state index in [1.54, 1.807) is 6.33 Å². The van der Waals surface area contributed by atoms with Crippen LogP contribution in [0.5, 0.6) is 0 Å². The molecule has 1 aromatic heterocycles. The summed E-state index contributed by atoms with van der Waals surface area (Å²) in [5.41, 5.74) is 3.58. The summed E-state index contributed by atoms with van der Waals surface area (Å²) in [6, 6.07) is 8.25. The van der Waals surface area contributed by atoms with Gasteiger partial charge in [-0.2, -0.15) is 0 Å². The predicted molar refractivity (Wildman–Crippen MR) is 68.9 cm³/mol. The first-order valence-corrected chi connectivity index (χ1v) is 6.20. The minimum atomic E-state index is -0.337. The highest BCUT2D eigenvalue weighted by atomic mass is 16.3. The maximum absolute atomic E-state index is 10.1. The van der Waals surface area contributed by atoms with Gasteiger partial charge in [-0.05, 0) is 11.1 Å². The molecule has 0 fully saturated rings. The maximum atomic E-state index is 10.1. The Morgan fingerprint density at radius 3 is 3.06 bits per heavy atom. The van der Waals surface area contributed by atoms with Crippen LogP contribution in [0, 0.1) is 0 Å². The molecular weight excluding hydrogens is 226 g/mol. The molecule has 4 heteroatoms. The minimum absolute atomic E-state index is 0.0242. The standard InChI is InChI=1S/C14H17N3O/c1-17-9-15-7-11(17)8-16-14-12-5-3-2-4-10(12)6-13(14)18/h2-5,7,9,13-14,16,18H,6,8H2,1H3/t13-,14+/m0/s1. The van der Waals surface area contributed by atoms with Gasteiger partial charge in [0.15, 0.2) is 0 Å². The number of benzene rings is 1. The SMILES string of the molecule is Cn1cncc1CN[C@@H]1c2ccccc2C[C@@H]1O. The van der Waals surface area contributed by atoms with Gasteiger partial charge in [0.2, 0.25) is 0 Å². The Balaban J connectivity index is 1.75. The van der Waals surface area contributed by atoms with Crippen molar-refractivity contribution in [3.8, 4) is 0 Å². The van der Waals surface area contributed by atoms with Gasteiger partial charge in [-0.15, -0.1) is 0 Å². The van der Waals surface area contributed by atoms with E-state index in [0.29, 0.717) is 6.54 Å². The fraction of sp³-hybridized carbons (Fsp3) is 0.357. The van der Waals surface area contributed by atoms with Crippen LogP contribution in [0.4, 0.5) is 0 Å². The van der Waals surface area contributed by atoms with E-state index in [9.17, 15) is 5.11 Å². The molecule has 1 aliphatic rings. The van der Waals surface area contributed by atoms with Crippen LogP contribution in [0.25, 0.3) is 0 Å². The van der Waals surface area contributed by atoms with E-state index >= 15 is 0 Å². The average Bonchev–Trinajstić information content (AvgIpc) is 2.90. The van der Waals surface area contributed by atoms with Crippen molar-refractivity contribution in [3.05, 3.63) is 53.6 Å². The van der Waals surface area contributed by atoms with E-state index in [0.717, 1.165) is 12.1 Å². The zero-order valence-corrected chi connectivity index (χ0v) is 10.4. The van der Waals surface area contributed by atoms with E-state index in [2.05, 4.69) is 22.4 Å². The lowest BCUT2D eigenvalue weighted by molar-refractivity contribution is 0.140. The van der Waals surface area contributed by atoms with Crippen LogP contribution in [-0.2, 0) is 20.0 Å². The second kappa shape index (κ2) is 4.55. The third-order valence-corrected chi connectivity index (χ3v) is 3.62. The molecule has 1 aromatic carbocycles. The fourth-order valence-electron chi connectivity index (χ4n) is 2.59. The zero-order valence-electron chi connectivity index (χ0n) is 10.4. The third kappa shape index (κ3) is 1.94. The summed E-state index contributed by atoms with van der Waals surface area (Å²) < 4.78 is 1.99. The maximum Gasteiger partial charge on any atom is 0.0945 e. The molecule has 1 aliphatic carbocycles. The summed E-state index contributed by atoms with van der Waals surface area (Å²) in [6.45, 7) is 0.715. The van der Waals surface area contributed by atoms with Gasteiger partial charge in [0.1, 0.15) is 0 Å². The van der Waals surface area contributed by atoms with Crippen molar-refractivity contribution in [2.75, 3.05) is 0 Å². The molecule has 0 unspecified atom stereocenters. The molecule has 0 radical (unpaired) electrons. The number of hydrogen-bond acceptors (Lipinski definition) is 3. The average molecular weight is 243 g/mol.